The Labute approximate surface area is 238 Å². The minimum atomic E-state index is -0.615. The summed E-state index contributed by atoms with van der Waals surface area (Å²) in [7, 11) is 3.89. The summed E-state index contributed by atoms with van der Waals surface area (Å²) in [6, 6.07) is 1.14. The van der Waals surface area contributed by atoms with Gasteiger partial charge in [0.05, 0.1) is 30.0 Å². The number of piperidine rings is 1. The van der Waals surface area contributed by atoms with Gasteiger partial charge in [0.1, 0.15) is 23.8 Å². The summed E-state index contributed by atoms with van der Waals surface area (Å²) in [5.74, 6) is 0.0253. The molecule has 5 rings (SSSR count). The molecule has 1 saturated heterocycles. The highest BCUT2D eigenvalue weighted by Gasteiger charge is 2.64. The molecule has 1 aliphatic heterocycles. The van der Waals surface area contributed by atoms with Gasteiger partial charge in [-0.2, -0.15) is 5.10 Å². The van der Waals surface area contributed by atoms with Crippen LogP contribution < -0.4 is 0 Å². The van der Waals surface area contributed by atoms with Crippen LogP contribution in [0.5, 0.6) is 0 Å². The summed E-state index contributed by atoms with van der Waals surface area (Å²) in [5, 5.41) is 5.10. The molecule has 3 aromatic heterocycles. The molecule has 41 heavy (non-hydrogen) atoms. The molecule has 0 aromatic carbocycles. The average Bonchev–Trinajstić information content (AvgIpc) is 3.30. The van der Waals surface area contributed by atoms with E-state index in [0.29, 0.717) is 41.0 Å². The maximum atomic E-state index is 13.8. The van der Waals surface area contributed by atoms with Gasteiger partial charge in [-0.3, -0.25) is 29.0 Å². The molecule has 3 aromatic rings. The molecule has 3 unspecified atom stereocenters. The minimum absolute atomic E-state index is 0.0196. The van der Waals surface area contributed by atoms with Gasteiger partial charge in [0.15, 0.2) is 5.78 Å². The van der Waals surface area contributed by atoms with Crippen molar-refractivity contribution in [3.63, 3.8) is 0 Å². The van der Waals surface area contributed by atoms with Gasteiger partial charge < -0.3 is 9.80 Å². The van der Waals surface area contributed by atoms with Crippen LogP contribution in [0.4, 0.5) is 0 Å². The van der Waals surface area contributed by atoms with Gasteiger partial charge in [0.2, 0.25) is 11.7 Å². The number of fused-ring (bicyclic) bond motifs is 2. The first kappa shape index (κ1) is 28.2. The zero-order valence-electron chi connectivity index (χ0n) is 24.0. The Morgan fingerprint density at radius 2 is 1.90 bits per heavy atom. The molecule has 1 amide bonds. The second-order valence-corrected chi connectivity index (χ2v) is 11.2. The second-order valence-electron chi connectivity index (χ2n) is 11.2. The number of carbonyl (C=O) groups is 3. The summed E-state index contributed by atoms with van der Waals surface area (Å²) in [6.07, 6.45) is 11.2. The molecule has 0 spiro atoms. The van der Waals surface area contributed by atoms with E-state index >= 15 is 0 Å². The zero-order valence-corrected chi connectivity index (χ0v) is 24.0. The van der Waals surface area contributed by atoms with E-state index in [1.807, 2.05) is 25.9 Å². The number of aromatic nitrogens is 5. The molecule has 0 bridgehead atoms. The highest BCUT2D eigenvalue weighted by Crippen LogP contribution is 2.59. The zero-order chi connectivity index (χ0) is 29.5. The number of ketones is 2. The van der Waals surface area contributed by atoms with Crippen LogP contribution in [0.15, 0.2) is 54.6 Å². The van der Waals surface area contributed by atoms with Crippen LogP contribution in [-0.4, -0.2) is 83.9 Å². The van der Waals surface area contributed by atoms with E-state index in [0.717, 1.165) is 6.42 Å². The molecule has 212 valence electrons. The van der Waals surface area contributed by atoms with Crippen molar-refractivity contribution >= 4 is 34.1 Å². The molecule has 4 heterocycles. The predicted molar refractivity (Wildman–Crippen MR) is 155 cm³/mol. The molecule has 1 saturated carbocycles. The number of nitrogens with zero attached hydrogens (tertiary/aromatic N) is 8. The largest absolute Gasteiger partial charge is 0.327 e. The monoisotopic (exact) mass is 554 g/mol. The van der Waals surface area contributed by atoms with Crippen molar-refractivity contribution in [1.29, 1.82) is 0 Å². The number of allylic oxidation sites excluding steroid dienone is 2. The van der Waals surface area contributed by atoms with Gasteiger partial charge in [-0.1, -0.05) is 19.6 Å². The Hall–Kier alpha value is -4.38. The van der Waals surface area contributed by atoms with Crippen LogP contribution in [0.2, 0.25) is 0 Å². The number of aliphatic imine (C=N–C) groups is 1. The molecule has 0 radical (unpaired) electrons. The maximum Gasteiger partial charge on any atom is 0.245 e. The van der Waals surface area contributed by atoms with E-state index in [1.54, 1.807) is 41.7 Å². The average molecular weight is 555 g/mol. The number of hydrogen-bond acceptors (Lipinski definition) is 9. The number of pyridine rings is 1. The maximum absolute atomic E-state index is 13.8. The van der Waals surface area contributed by atoms with Crippen molar-refractivity contribution in [3.05, 3.63) is 61.1 Å². The topological polar surface area (TPSA) is 127 Å². The smallest absolute Gasteiger partial charge is 0.245 e. The number of carbonyl (C=O) groups excluding carboxylic acids is 3. The first-order valence-electron chi connectivity index (χ1n) is 13.6. The lowest BCUT2D eigenvalue weighted by atomic mass is 9.97. The Bertz CT molecular complexity index is 1600. The number of hydrogen-bond donors (Lipinski definition) is 0. The first-order chi connectivity index (χ1) is 19.6. The van der Waals surface area contributed by atoms with Crippen LogP contribution >= 0.6 is 0 Å². The molecule has 1 aliphatic carbocycles. The summed E-state index contributed by atoms with van der Waals surface area (Å²) in [4.78, 5) is 61.0. The fraction of sp³-hybridized carbons (Fsp3) is 0.400. The summed E-state index contributed by atoms with van der Waals surface area (Å²) in [5.41, 5.74) is 2.29. The normalized spacial score (nSPS) is 22.0. The van der Waals surface area contributed by atoms with Gasteiger partial charge in [-0.25, -0.2) is 9.97 Å². The standard InChI is InChI=1S/C30H34N8O3/c1-7-9-21(31-8-2)29(41)23-11-30(4)12-25(30)38(23)27(40)17-37-24-15-32-22(10-20(24)28(35-37)18(3)39)19-13-33-26(34-14-19)16-36(5)6/h7-10,13-15,23,25H,2,11-12,16-17H2,1,3-6H3/b9-7-,31-21?. The molecule has 11 heteroatoms. The number of likely N-dealkylation sites (tertiary alicyclic amines) is 1. The third kappa shape index (κ3) is 5.37. The van der Waals surface area contributed by atoms with Crippen molar-refractivity contribution in [3.8, 4) is 11.3 Å². The fourth-order valence-corrected chi connectivity index (χ4v) is 5.65. The number of rotatable bonds is 10. The number of amides is 1. The highest BCUT2D eigenvalue weighted by molar-refractivity contribution is 6.46. The van der Waals surface area contributed by atoms with Gasteiger partial charge in [0, 0.05) is 42.5 Å². The minimum Gasteiger partial charge on any atom is -0.327 e. The molecule has 2 fully saturated rings. The van der Waals surface area contributed by atoms with E-state index in [-0.39, 0.29) is 46.9 Å². The third-order valence-electron chi connectivity index (χ3n) is 7.75. The quantitative estimate of drug-likeness (QED) is 0.276. The van der Waals surface area contributed by atoms with E-state index < -0.39 is 6.04 Å². The lowest BCUT2D eigenvalue weighted by molar-refractivity contribution is -0.137. The van der Waals surface area contributed by atoms with Crippen LogP contribution in [0.1, 0.15) is 49.9 Å². The summed E-state index contributed by atoms with van der Waals surface area (Å²) in [6.45, 7) is 9.46. The molecular formula is C30H34N8O3. The van der Waals surface area contributed by atoms with Gasteiger partial charge in [-0.15, -0.1) is 0 Å². The van der Waals surface area contributed by atoms with Crippen molar-refractivity contribution in [2.75, 3.05) is 14.1 Å². The van der Waals surface area contributed by atoms with Crippen LogP contribution in [-0.2, 0) is 22.7 Å². The first-order valence-corrected chi connectivity index (χ1v) is 13.6. The van der Waals surface area contributed by atoms with Crippen LogP contribution in [0.3, 0.4) is 0 Å². The van der Waals surface area contributed by atoms with E-state index in [1.165, 1.54) is 17.8 Å². The molecule has 11 nitrogen and oxygen atoms in total. The second kappa shape index (κ2) is 10.9. The van der Waals surface area contributed by atoms with E-state index in [2.05, 4.69) is 38.5 Å². The fourth-order valence-electron chi connectivity index (χ4n) is 5.65. The highest BCUT2D eigenvalue weighted by atomic mass is 16.2. The number of Topliss-reactive ketones (excluding diaryl/α,β-unsaturated/α-hetero) is 2. The molecule has 3 atom stereocenters. The Kier molecular flexibility index (Phi) is 7.48. The Morgan fingerprint density at radius 3 is 2.54 bits per heavy atom. The van der Waals surface area contributed by atoms with Crippen molar-refractivity contribution < 1.29 is 14.4 Å². The van der Waals surface area contributed by atoms with Gasteiger partial charge in [0.25, 0.3) is 0 Å². The van der Waals surface area contributed by atoms with E-state index in [9.17, 15) is 14.4 Å². The lowest BCUT2D eigenvalue weighted by Crippen LogP contribution is -2.46. The Balaban J connectivity index is 1.45. The van der Waals surface area contributed by atoms with Crippen molar-refractivity contribution in [1.82, 2.24) is 34.5 Å². The molecule has 0 N–H and O–H groups in total. The molecular weight excluding hydrogens is 520 g/mol. The Morgan fingerprint density at radius 1 is 1.17 bits per heavy atom. The lowest BCUT2D eigenvalue weighted by Gasteiger charge is -2.26. The molecule has 2 aliphatic rings. The predicted octanol–water partition coefficient (Wildman–Crippen LogP) is 3.26. The van der Waals surface area contributed by atoms with Crippen molar-refractivity contribution in [2.24, 2.45) is 10.4 Å². The van der Waals surface area contributed by atoms with Crippen molar-refractivity contribution in [2.45, 2.75) is 58.8 Å². The third-order valence-corrected chi connectivity index (χ3v) is 7.75. The SMILES string of the molecule is C=CN=C(/C=C\C)C(=O)C1CC2(C)CC2N1C(=O)Cn1nc(C(C)=O)c2cc(-c3cnc(CN(C)C)nc3)ncc21. The van der Waals surface area contributed by atoms with Gasteiger partial charge in [-0.05, 0) is 51.4 Å². The summed E-state index contributed by atoms with van der Waals surface area (Å²) >= 11 is 0. The van der Waals surface area contributed by atoms with Crippen LogP contribution in [0, 0.1) is 5.41 Å². The van der Waals surface area contributed by atoms with Gasteiger partial charge >= 0.3 is 0 Å². The summed E-state index contributed by atoms with van der Waals surface area (Å²) < 4.78 is 1.51. The van der Waals surface area contributed by atoms with Crippen LogP contribution in [0.25, 0.3) is 22.2 Å². The van der Waals surface area contributed by atoms with E-state index in [4.69, 9.17) is 0 Å².